The van der Waals surface area contributed by atoms with Gasteiger partial charge < -0.3 is 0 Å². The fourth-order valence-electron chi connectivity index (χ4n) is 1.88. The number of hydrogen-bond acceptors (Lipinski definition) is 3. The van der Waals surface area contributed by atoms with Gasteiger partial charge in [0.2, 0.25) is 5.78 Å². The summed E-state index contributed by atoms with van der Waals surface area (Å²) in [5, 5.41) is 1.92. The molecule has 0 aliphatic carbocycles. The van der Waals surface area contributed by atoms with E-state index in [0.29, 0.717) is 0 Å². The number of carbonyl (C=O) groups is 1. The third-order valence-corrected chi connectivity index (χ3v) is 5.17. The van der Waals surface area contributed by atoms with E-state index in [1.165, 1.54) is 16.2 Å². The maximum atomic E-state index is 12.2. The first-order valence-corrected chi connectivity index (χ1v) is 8.60. The average Bonchev–Trinajstić information content (AvgIpc) is 3.04. The van der Waals surface area contributed by atoms with Crippen molar-refractivity contribution in [3.8, 4) is 0 Å². The van der Waals surface area contributed by atoms with Gasteiger partial charge in [-0.2, -0.15) is 0 Å². The van der Waals surface area contributed by atoms with Gasteiger partial charge in [0.05, 0.1) is 4.88 Å². The minimum absolute atomic E-state index is 0.0879. The van der Waals surface area contributed by atoms with Crippen molar-refractivity contribution in [3.05, 3.63) is 76.5 Å². The summed E-state index contributed by atoms with van der Waals surface area (Å²) < 4.78 is 0. The predicted octanol–water partition coefficient (Wildman–Crippen LogP) is 4.50. The number of benzene rings is 2. The first-order valence-electron chi connectivity index (χ1n) is 6.40. The van der Waals surface area contributed by atoms with Crippen LogP contribution < -0.4 is 0 Å². The fraction of sp³-hybridized carbons (Fsp3) is 0. The molecule has 0 aliphatic heterocycles. The smallest absolute Gasteiger partial charge is 0.202 e. The van der Waals surface area contributed by atoms with Crippen LogP contribution in [0, 0.1) is 0 Å². The molecule has 1 heterocycles. The highest BCUT2D eigenvalue weighted by molar-refractivity contribution is 7.99. The zero-order valence-electron chi connectivity index (χ0n) is 11.1. The van der Waals surface area contributed by atoms with Gasteiger partial charge in [0, 0.05) is 15.4 Å². The summed E-state index contributed by atoms with van der Waals surface area (Å²) in [6.07, 6.45) is 0. The van der Waals surface area contributed by atoms with Gasteiger partial charge in [0.1, 0.15) is 4.90 Å². The molecule has 21 heavy (non-hydrogen) atoms. The zero-order valence-corrected chi connectivity index (χ0v) is 13.7. The SMILES string of the molecule is O=C(c1ccc(Sc2ccc([SH2+])cc2)cc1)c1cccs1. The predicted molar refractivity (Wildman–Crippen MR) is 93.2 cm³/mol. The highest BCUT2D eigenvalue weighted by Crippen LogP contribution is 2.28. The minimum Gasteiger partial charge on any atom is -0.288 e. The van der Waals surface area contributed by atoms with Gasteiger partial charge >= 0.3 is 0 Å². The van der Waals surface area contributed by atoms with Gasteiger partial charge in [-0.3, -0.25) is 4.79 Å². The maximum Gasteiger partial charge on any atom is 0.202 e. The van der Waals surface area contributed by atoms with Gasteiger partial charge in [-0.15, -0.1) is 11.3 Å². The number of ketones is 1. The van der Waals surface area contributed by atoms with Gasteiger partial charge in [-0.25, -0.2) is 0 Å². The van der Waals surface area contributed by atoms with Crippen molar-refractivity contribution in [2.75, 3.05) is 0 Å². The molecule has 0 atom stereocenters. The Morgan fingerprint density at radius 2 is 1.52 bits per heavy atom. The van der Waals surface area contributed by atoms with Gasteiger partial charge in [-0.05, 0) is 72.6 Å². The average molecular weight is 329 g/mol. The quantitative estimate of drug-likeness (QED) is 0.518. The molecule has 0 N–H and O–H groups in total. The Balaban J connectivity index is 1.75. The molecular weight excluding hydrogens is 316 g/mol. The van der Waals surface area contributed by atoms with Crippen LogP contribution in [0.2, 0.25) is 0 Å². The summed E-state index contributed by atoms with van der Waals surface area (Å²) in [6, 6.07) is 19.7. The van der Waals surface area contributed by atoms with E-state index in [9.17, 15) is 4.79 Å². The second-order valence-electron chi connectivity index (χ2n) is 4.46. The highest BCUT2D eigenvalue weighted by atomic mass is 32.2. The number of carbonyl (C=O) groups excluding carboxylic acids is 1. The number of rotatable bonds is 4. The lowest BCUT2D eigenvalue weighted by Gasteiger charge is -2.03. The van der Waals surface area contributed by atoms with Crippen molar-refractivity contribution in [2.45, 2.75) is 14.7 Å². The van der Waals surface area contributed by atoms with Crippen LogP contribution in [-0.4, -0.2) is 5.78 Å². The van der Waals surface area contributed by atoms with Gasteiger partial charge in [-0.1, -0.05) is 17.8 Å². The van der Waals surface area contributed by atoms with Crippen LogP contribution in [-0.2, 0) is 12.6 Å². The molecule has 3 rings (SSSR count). The summed E-state index contributed by atoms with van der Waals surface area (Å²) in [5.74, 6) is 0.0879. The molecule has 0 aliphatic rings. The summed E-state index contributed by atoms with van der Waals surface area (Å²) in [4.78, 5) is 16.4. The molecule has 104 valence electrons. The minimum atomic E-state index is 0.0879. The molecular formula is C17H13OS3+. The van der Waals surface area contributed by atoms with Crippen LogP contribution in [0.5, 0.6) is 0 Å². The molecule has 1 nitrogen and oxygen atoms in total. The molecule has 0 radical (unpaired) electrons. The molecule has 0 unspecified atom stereocenters. The Kier molecular flexibility index (Phi) is 4.48. The first-order chi connectivity index (χ1) is 10.2. The van der Waals surface area contributed by atoms with E-state index in [2.05, 4.69) is 24.8 Å². The third kappa shape index (κ3) is 3.59. The molecule has 0 spiro atoms. The number of thiophene rings is 1. The lowest BCUT2D eigenvalue weighted by Crippen LogP contribution is -1.97. The van der Waals surface area contributed by atoms with Crippen molar-refractivity contribution in [3.63, 3.8) is 0 Å². The molecule has 0 fully saturated rings. The highest BCUT2D eigenvalue weighted by Gasteiger charge is 2.09. The molecule has 0 bridgehead atoms. The molecule has 0 amide bonds. The maximum absolute atomic E-state index is 12.2. The van der Waals surface area contributed by atoms with Crippen LogP contribution in [0.1, 0.15) is 15.2 Å². The van der Waals surface area contributed by atoms with Crippen molar-refractivity contribution in [1.29, 1.82) is 0 Å². The van der Waals surface area contributed by atoms with Crippen LogP contribution in [0.4, 0.5) is 0 Å². The largest absolute Gasteiger partial charge is 0.288 e. The van der Waals surface area contributed by atoms with Crippen LogP contribution >= 0.6 is 23.1 Å². The van der Waals surface area contributed by atoms with E-state index in [1.807, 2.05) is 53.9 Å². The Morgan fingerprint density at radius 1 is 0.905 bits per heavy atom. The van der Waals surface area contributed by atoms with Crippen LogP contribution in [0.3, 0.4) is 0 Å². The van der Waals surface area contributed by atoms with Gasteiger partial charge in [0.25, 0.3) is 0 Å². The lowest BCUT2D eigenvalue weighted by molar-refractivity contribution is 0.104. The van der Waals surface area contributed by atoms with Crippen molar-refractivity contribution < 1.29 is 4.79 Å². The van der Waals surface area contributed by atoms with Crippen molar-refractivity contribution >= 4 is 41.5 Å². The normalized spacial score (nSPS) is 10.5. The Bertz CT molecular complexity index is 729. The van der Waals surface area contributed by atoms with E-state index in [-0.39, 0.29) is 5.78 Å². The topological polar surface area (TPSA) is 17.1 Å². The summed E-state index contributed by atoms with van der Waals surface area (Å²) in [5.41, 5.74) is 0.734. The van der Waals surface area contributed by atoms with Gasteiger partial charge in [0.15, 0.2) is 0 Å². The summed E-state index contributed by atoms with van der Waals surface area (Å²) >= 11 is 6.64. The van der Waals surface area contributed by atoms with Crippen LogP contribution in [0.15, 0.2) is 80.7 Å². The molecule has 3 aromatic rings. The van der Waals surface area contributed by atoms with Crippen molar-refractivity contribution in [2.24, 2.45) is 0 Å². The van der Waals surface area contributed by atoms with Crippen molar-refractivity contribution in [1.82, 2.24) is 0 Å². The summed E-state index contributed by atoms with van der Waals surface area (Å²) in [7, 11) is 0. The Labute approximate surface area is 137 Å². The van der Waals surface area contributed by atoms with E-state index >= 15 is 0 Å². The Hall–Kier alpha value is -1.49. The first kappa shape index (κ1) is 14.4. The fourth-order valence-corrected chi connectivity index (χ4v) is 3.55. The van der Waals surface area contributed by atoms with E-state index in [4.69, 9.17) is 0 Å². The zero-order chi connectivity index (χ0) is 14.7. The molecule has 0 saturated heterocycles. The third-order valence-electron chi connectivity index (χ3n) is 2.95. The van der Waals surface area contributed by atoms with E-state index in [1.54, 1.807) is 11.8 Å². The monoisotopic (exact) mass is 329 g/mol. The lowest BCUT2D eigenvalue weighted by atomic mass is 10.1. The van der Waals surface area contributed by atoms with Crippen LogP contribution in [0.25, 0.3) is 0 Å². The molecule has 1 aromatic heterocycles. The molecule has 0 saturated carbocycles. The van der Waals surface area contributed by atoms with E-state index < -0.39 is 0 Å². The number of hydrogen-bond donors (Lipinski definition) is 0. The molecule has 4 heteroatoms. The summed E-state index contributed by atoms with van der Waals surface area (Å²) in [6.45, 7) is 0. The standard InChI is InChI=1S/C17H12OS3/c18-17(16-2-1-11-20-16)12-3-7-14(8-4-12)21-15-9-5-13(19)6-10-15/h1-11,19H/p+1. The van der Waals surface area contributed by atoms with E-state index in [0.717, 1.165) is 20.2 Å². The molecule has 2 aromatic carbocycles. The Morgan fingerprint density at radius 3 is 2.10 bits per heavy atom. The second-order valence-corrected chi connectivity index (χ2v) is 7.13. The second kappa shape index (κ2) is 6.52.